The van der Waals surface area contributed by atoms with Crippen molar-refractivity contribution in [2.45, 2.75) is 20.3 Å². The monoisotopic (exact) mass is 298 g/mol. The van der Waals surface area contributed by atoms with Crippen LogP contribution >= 0.6 is 0 Å². The van der Waals surface area contributed by atoms with E-state index >= 15 is 0 Å². The molecule has 0 aromatic carbocycles. The SMILES string of the molecule is CCN=C(NO)c1c(NC)c(CC)nc2nc(F)n(F)c12. The molecule has 3 N–H and O–H groups in total. The van der Waals surface area contributed by atoms with Crippen LogP contribution in [0.25, 0.3) is 11.2 Å². The number of pyridine rings is 1. The number of anilines is 1. The number of aromatic nitrogens is 3. The molecule has 0 bridgehead atoms. The van der Waals surface area contributed by atoms with Crippen molar-refractivity contribution < 1.29 is 14.1 Å². The Morgan fingerprint density at radius 3 is 2.62 bits per heavy atom. The lowest BCUT2D eigenvalue weighted by molar-refractivity contribution is 0.234. The van der Waals surface area contributed by atoms with Gasteiger partial charge in [0.05, 0.1) is 16.9 Å². The summed E-state index contributed by atoms with van der Waals surface area (Å²) in [6, 6.07) is 0. The summed E-state index contributed by atoms with van der Waals surface area (Å²) in [6.07, 6.45) is -0.784. The summed E-state index contributed by atoms with van der Waals surface area (Å²) in [5.41, 5.74) is 2.86. The number of aryl methyl sites for hydroxylation is 1. The Morgan fingerprint density at radius 2 is 2.10 bits per heavy atom. The van der Waals surface area contributed by atoms with Gasteiger partial charge in [-0.25, -0.2) is 4.98 Å². The lowest BCUT2D eigenvalue weighted by atomic mass is 10.1. The molecule has 0 atom stereocenters. The molecular formula is C12H16F2N6O. The van der Waals surface area contributed by atoms with E-state index in [0.29, 0.717) is 24.3 Å². The van der Waals surface area contributed by atoms with E-state index in [1.165, 1.54) is 0 Å². The molecule has 2 aromatic heterocycles. The average molecular weight is 298 g/mol. The lowest BCUT2D eigenvalue weighted by Crippen LogP contribution is -2.24. The van der Waals surface area contributed by atoms with E-state index in [-0.39, 0.29) is 27.4 Å². The second-order valence-corrected chi connectivity index (χ2v) is 4.18. The first-order chi connectivity index (χ1) is 10.1. The fourth-order valence-corrected chi connectivity index (χ4v) is 2.18. The van der Waals surface area contributed by atoms with Gasteiger partial charge in [0.2, 0.25) is 0 Å². The summed E-state index contributed by atoms with van der Waals surface area (Å²) in [4.78, 5) is 11.4. The van der Waals surface area contributed by atoms with Crippen molar-refractivity contribution in [3.8, 4) is 0 Å². The molecule has 2 aromatic rings. The second-order valence-electron chi connectivity index (χ2n) is 4.18. The maximum Gasteiger partial charge on any atom is 0.320 e. The van der Waals surface area contributed by atoms with Gasteiger partial charge < -0.3 is 5.32 Å². The molecule has 2 heterocycles. The van der Waals surface area contributed by atoms with Gasteiger partial charge in [0.25, 0.3) is 0 Å². The molecule has 114 valence electrons. The fraction of sp³-hybridized carbons (Fsp3) is 0.417. The molecule has 0 radical (unpaired) electrons. The molecule has 7 nitrogen and oxygen atoms in total. The summed E-state index contributed by atoms with van der Waals surface area (Å²) < 4.78 is 27.4. The highest BCUT2D eigenvalue weighted by Gasteiger charge is 2.24. The van der Waals surface area contributed by atoms with Crippen molar-refractivity contribution >= 4 is 22.7 Å². The second kappa shape index (κ2) is 6.00. The minimum Gasteiger partial charge on any atom is -0.386 e. The number of nitrogens with zero attached hydrogens (tertiary/aromatic N) is 4. The quantitative estimate of drug-likeness (QED) is 0.454. The number of aliphatic imine (C=N–C) groups is 1. The van der Waals surface area contributed by atoms with Crippen molar-refractivity contribution in [1.29, 1.82) is 0 Å². The third kappa shape index (κ3) is 2.40. The van der Waals surface area contributed by atoms with Gasteiger partial charge in [0.15, 0.2) is 11.5 Å². The number of imidazole rings is 1. The Hall–Kier alpha value is -2.29. The smallest absolute Gasteiger partial charge is 0.320 e. The number of halogens is 2. The zero-order valence-electron chi connectivity index (χ0n) is 11.9. The van der Waals surface area contributed by atoms with Gasteiger partial charge in [0.1, 0.15) is 5.52 Å². The highest BCUT2D eigenvalue weighted by molar-refractivity contribution is 6.11. The van der Waals surface area contributed by atoms with Crippen LogP contribution in [-0.4, -0.2) is 39.4 Å². The van der Waals surface area contributed by atoms with Crippen LogP contribution in [0, 0.1) is 6.08 Å². The number of nitrogens with one attached hydrogen (secondary N) is 2. The maximum atomic E-state index is 14.0. The van der Waals surface area contributed by atoms with Crippen LogP contribution in [0.4, 0.5) is 14.6 Å². The first kappa shape index (κ1) is 15.1. The third-order valence-electron chi connectivity index (χ3n) is 3.03. The molecule has 0 spiro atoms. The van der Waals surface area contributed by atoms with Crippen LogP contribution < -0.4 is 10.8 Å². The Morgan fingerprint density at radius 1 is 1.38 bits per heavy atom. The van der Waals surface area contributed by atoms with Crippen LogP contribution in [-0.2, 0) is 6.42 Å². The predicted molar refractivity (Wildman–Crippen MR) is 74.9 cm³/mol. The van der Waals surface area contributed by atoms with E-state index < -0.39 is 6.08 Å². The van der Waals surface area contributed by atoms with E-state index in [0.717, 1.165) is 0 Å². The highest BCUT2D eigenvalue weighted by Crippen LogP contribution is 2.29. The fourth-order valence-electron chi connectivity index (χ4n) is 2.18. The van der Waals surface area contributed by atoms with Gasteiger partial charge in [-0.05, 0) is 13.3 Å². The molecule has 0 aliphatic carbocycles. The first-order valence-electron chi connectivity index (χ1n) is 6.48. The molecule has 0 amide bonds. The first-order valence-corrected chi connectivity index (χ1v) is 6.48. The Bertz CT molecular complexity index is 697. The van der Waals surface area contributed by atoms with Gasteiger partial charge >= 0.3 is 6.08 Å². The van der Waals surface area contributed by atoms with Crippen molar-refractivity contribution in [3.05, 3.63) is 17.3 Å². The van der Waals surface area contributed by atoms with Crippen LogP contribution in [0.5, 0.6) is 0 Å². The average Bonchev–Trinajstić information content (AvgIpc) is 2.77. The van der Waals surface area contributed by atoms with Gasteiger partial charge in [-0.3, -0.25) is 15.7 Å². The van der Waals surface area contributed by atoms with Crippen molar-refractivity contribution in [2.75, 3.05) is 18.9 Å². The number of hydrogen-bond acceptors (Lipinski definition) is 5. The Labute approximate surface area is 119 Å². The molecule has 0 fully saturated rings. The molecule has 0 aliphatic heterocycles. The van der Waals surface area contributed by atoms with E-state index in [1.807, 2.05) is 12.4 Å². The van der Waals surface area contributed by atoms with Gasteiger partial charge in [-0.15, -0.1) is 4.79 Å². The van der Waals surface area contributed by atoms with Crippen molar-refractivity contribution in [3.63, 3.8) is 0 Å². The lowest BCUT2D eigenvalue weighted by Gasteiger charge is -2.15. The number of hydrogen-bond donors (Lipinski definition) is 3. The minimum absolute atomic E-state index is 0.0164. The summed E-state index contributed by atoms with van der Waals surface area (Å²) >= 11 is 0. The number of fused-ring (bicyclic) bond motifs is 1. The van der Waals surface area contributed by atoms with Gasteiger partial charge in [-0.2, -0.15) is 9.37 Å². The standard InChI is InChI=1S/C12H16F2N6O/c1-4-6-8(15-3)7(10(19-21)16-5-2)9-11(17-6)18-12(13)20(9)14/h15,21H,4-5H2,1-3H3,(H,16,19). The number of amidine groups is 1. The van der Waals surface area contributed by atoms with Crippen molar-refractivity contribution in [2.24, 2.45) is 4.99 Å². The zero-order chi connectivity index (χ0) is 15.6. The molecule has 2 rings (SSSR count). The Kier molecular flexibility index (Phi) is 4.32. The van der Waals surface area contributed by atoms with Gasteiger partial charge in [-0.1, -0.05) is 11.4 Å². The highest BCUT2D eigenvalue weighted by atomic mass is 19.2. The van der Waals surface area contributed by atoms with Crippen LogP contribution in [0.1, 0.15) is 25.1 Å². The largest absolute Gasteiger partial charge is 0.386 e. The summed E-state index contributed by atoms with van der Waals surface area (Å²) in [5, 5.41) is 12.2. The van der Waals surface area contributed by atoms with E-state index in [9.17, 15) is 14.1 Å². The zero-order valence-corrected chi connectivity index (χ0v) is 11.9. The molecule has 0 aliphatic rings. The van der Waals surface area contributed by atoms with Crippen LogP contribution in [0.2, 0.25) is 0 Å². The molecule has 21 heavy (non-hydrogen) atoms. The topological polar surface area (TPSA) is 87.4 Å². The normalized spacial score (nSPS) is 12.0. The minimum atomic E-state index is -1.30. The van der Waals surface area contributed by atoms with E-state index in [1.54, 1.807) is 14.0 Å². The number of hydroxylamine groups is 1. The summed E-state index contributed by atoms with van der Waals surface area (Å²) in [6.45, 7) is 3.95. The predicted octanol–water partition coefficient (Wildman–Crippen LogP) is 1.65. The third-order valence-corrected chi connectivity index (χ3v) is 3.03. The molecule has 0 saturated carbocycles. The van der Waals surface area contributed by atoms with E-state index in [4.69, 9.17) is 0 Å². The molecule has 0 unspecified atom stereocenters. The van der Waals surface area contributed by atoms with E-state index in [2.05, 4.69) is 20.3 Å². The summed E-state index contributed by atoms with van der Waals surface area (Å²) in [7, 11) is 1.63. The molecule has 9 heteroatoms. The molecular weight excluding hydrogens is 282 g/mol. The maximum absolute atomic E-state index is 14.0. The molecule has 0 saturated heterocycles. The van der Waals surface area contributed by atoms with Crippen LogP contribution in [0.15, 0.2) is 4.99 Å². The van der Waals surface area contributed by atoms with Gasteiger partial charge in [0, 0.05) is 13.6 Å². The summed E-state index contributed by atoms with van der Waals surface area (Å²) in [5.74, 6) is 0.0164. The Balaban J connectivity index is 2.94. The van der Waals surface area contributed by atoms with Crippen LogP contribution in [0.3, 0.4) is 0 Å². The van der Waals surface area contributed by atoms with Crippen molar-refractivity contribution in [1.82, 2.24) is 20.2 Å². The number of rotatable bonds is 4.